The zero-order chi connectivity index (χ0) is 12.7. The average molecular weight is 236 g/mol. The van der Waals surface area contributed by atoms with E-state index in [9.17, 15) is 9.59 Å². The maximum absolute atomic E-state index is 12.1. The molecule has 17 heavy (non-hydrogen) atoms. The number of nitrogens with zero attached hydrogens (tertiary/aromatic N) is 4. The van der Waals surface area contributed by atoms with Gasteiger partial charge >= 0.3 is 5.69 Å². The molecule has 0 N–H and O–H groups in total. The van der Waals surface area contributed by atoms with Gasteiger partial charge in [-0.1, -0.05) is 6.92 Å². The molecule has 0 fully saturated rings. The molecule has 1 atom stereocenters. The number of fused-ring (bicyclic) bond motifs is 1. The van der Waals surface area contributed by atoms with E-state index in [1.165, 1.54) is 11.6 Å². The first-order valence-electron chi connectivity index (χ1n) is 5.61. The largest absolute Gasteiger partial charge is 0.332 e. The molecule has 0 aliphatic rings. The van der Waals surface area contributed by atoms with Crippen LogP contribution in [-0.4, -0.2) is 18.7 Å². The molecule has 0 saturated carbocycles. The van der Waals surface area contributed by atoms with Crippen molar-refractivity contribution >= 4 is 11.2 Å². The lowest BCUT2D eigenvalue weighted by Gasteiger charge is -2.11. The fourth-order valence-electron chi connectivity index (χ4n) is 1.89. The van der Waals surface area contributed by atoms with Crippen LogP contribution in [0.1, 0.15) is 26.3 Å². The summed E-state index contributed by atoms with van der Waals surface area (Å²) in [4.78, 5) is 28.0. The summed E-state index contributed by atoms with van der Waals surface area (Å²) in [6.07, 6.45) is 2.52. The van der Waals surface area contributed by atoms with Crippen molar-refractivity contribution in [1.29, 1.82) is 0 Å². The quantitative estimate of drug-likeness (QED) is 0.758. The van der Waals surface area contributed by atoms with Crippen LogP contribution in [0.4, 0.5) is 0 Å². The summed E-state index contributed by atoms with van der Waals surface area (Å²) < 4.78 is 4.34. The predicted octanol–water partition coefficient (Wildman–Crippen LogP) is 0.405. The first kappa shape index (κ1) is 11.6. The van der Waals surface area contributed by atoms with E-state index in [-0.39, 0.29) is 17.3 Å². The van der Waals surface area contributed by atoms with Crippen LogP contribution >= 0.6 is 0 Å². The number of rotatable bonds is 2. The molecule has 0 aliphatic heterocycles. The van der Waals surface area contributed by atoms with Crippen LogP contribution in [0.3, 0.4) is 0 Å². The number of aryl methyl sites for hydroxylation is 1. The van der Waals surface area contributed by atoms with Gasteiger partial charge in [0, 0.05) is 20.1 Å². The zero-order valence-electron chi connectivity index (χ0n) is 10.5. The Hall–Kier alpha value is -1.85. The molecule has 2 heterocycles. The van der Waals surface area contributed by atoms with E-state index in [2.05, 4.69) is 4.98 Å². The standard InChI is InChI=1S/C11H16N4O2/c1-5-7(2)15-6-12-9-8(15)10(16)14(4)11(17)13(9)3/h6-7H,5H2,1-4H3/t7-/m1/s1. The molecule has 6 heteroatoms. The van der Waals surface area contributed by atoms with Gasteiger partial charge in [-0.3, -0.25) is 13.9 Å². The second-order valence-corrected chi connectivity index (χ2v) is 4.29. The van der Waals surface area contributed by atoms with Gasteiger partial charge in [-0.25, -0.2) is 9.78 Å². The molecule has 0 bridgehead atoms. The molecule has 0 saturated heterocycles. The van der Waals surface area contributed by atoms with E-state index >= 15 is 0 Å². The van der Waals surface area contributed by atoms with E-state index in [0.717, 1.165) is 11.0 Å². The highest BCUT2D eigenvalue weighted by molar-refractivity contribution is 5.70. The first-order valence-corrected chi connectivity index (χ1v) is 5.61. The molecular formula is C11H16N4O2. The summed E-state index contributed by atoms with van der Waals surface area (Å²) in [6, 6.07) is 0.185. The third-order valence-electron chi connectivity index (χ3n) is 3.24. The summed E-state index contributed by atoms with van der Waals surface area (Å²) in [7, 11) is 3.11. The van der Waals surface area contributed by atoms with Gasteiger partial charge in [-0.15, -0.1) is 0 Å². The van der Waals surface area contributed by atoms with Crippen molar-refractivity contribution < 1.29 is 0 Å². The monoisotopic (exact) mass is 236 g/mol. The van der Waals surface area contributed by atoms with Gasteiger partial charge in [0.2, 0.25) is 0 Å². The summed E-state index contributed by atoms with van der Waals surface area (Å²) >= 11 is 0. The van der Waals surface area contributed by atoms with E-state index in [1.54, 1.807) is 13.4 Å². The van der Waals surface area contributed by atoms with Crippen LogP contribution in [0.15, 0.2) is 15.9 Å². The number of imidazole rings is 1. The van der Waals surface area contributed by atoms with Gasteiger partial charge in [0.05, 0.1) is 6.33 Å². The highest BCUT2D eigenvalue weighted by atomic mass is 16.2. The van der Waals surface area contributed by atoms with Crippen molar-refractivity contribution in [3.63, 3.8) is 0 Å². The minimum absolute atomic E-state index is 0.185. The third-order valence-corrected chi connectivity index (χ3v) is 3.24. The Morgan fingerprint density at radius 1 is 1.29 bits per heavy atom. The van der Waals surface area contributed by atoms with Gasteiger partial charge in [0.25, 0.3) is 5.56 Å². The summed E-state index contributed by atoms with van der Waals surface area (Å²) in [5, 5.41) is 0. The maximum atomic E-state index is 12.1. The molecule has 6 nitrogen and oxygen atoms in total. The van der Waals surface area contributed by atoms with Crippen LogP contribution in [-0.2, 0) is 14.1 Å². The van der Waals surface area contributed by atoms with Gasteiger partial charge in [-0.2, -0.15) is 0 Å². The fourth-order valence-corrected chi connectivity index (χ4v) is 1.89. The molecule has 0 aliphatic carbocycles. The Bertz CT molecular complexity index is 677. The van der Waals surface area contributed by atoms with E-state index in [1.807, 2.05) is 18.4 Å². The van der Waals surface area contributed by atoms with Crippen LogP contribution in [0, 0.1) is 0 Å². The van der Waals surface area contributed by atoms with Gasteiger partial charge in [-0.05, 0) is 13.3 Å². The van der Waals surface area contributed by atoms with Crippen molar-refractivity contribution in [2.75, 3.05) is 0 Å². The van der Waals surface area contributed by atoms with Gasteiger partial charge in [0.15, 0.2) is 11.2 Å². The van der Waals surface area contributed by atoms with Crippen molar-refractivity contribution in [3.05, 3.63) is 27.2 Å². The highest BCUT2D eigenvalue weighted by Gasteiger charge is 2.16. The number of hydrogen-bond donors (Lipinski definition) is 0. The van der Waals surface area contributed by atoms with Crippen molar-refractivity contribution in [3.8, 4) is 0 Å². The van der Waals surface area contributed by atoms with Crippen molar-refractivity contribution in [2.24, 2.45) is 14.1 Å². The van der Waals surface area contributed by atoms with Crippen LogP contribution < -0.4 is 11.2 Å². The highest BCUT2D eigenvalue weighted by Crippen LogP contribution is 2.15. The molecule has 92 valence electrons. The molecular weight excluding hydrogens is 220 g/mol. The topological polar surface area (TPSA) is 61.8 Å². The Morgan fingerprint density at radius 2 is 1.94 bits per heavy atom. The number of hydrogen-bond acceptors (Lipinski definition) is 3. The predicted molar refractivity (Wildman–Crippen MR) is 65.2 cm³/mol. The minimum atomic E-state index is -0.350. The van der Waals surface area contributed by atoms with Gasteiger partial charge < -0.3 is 4.57 Å². The molecule has 0 spiro atoms. The average Bonchev–Trinajstić information content (AvgIpc) is 2.77. The van der Waals surface area contributed by atoms with E-state index in [4.69, 9.17) is 0 Å². The summed E-state index contributed by atoms with van der Waals surface area (Å²) in [6.45, 7) is 4.06. The molecule has 0 amide bonds. The molecule has 0 unspecified atom stereocenters. The van der Waals surface area contributed by atoms with Gasteiger partial charge in [0.1, 0.15) is 0 Å². The number of aromatic nitrogens is 4. The summed E-state index contributed by atoms with van der Waals surface area (Å²) in [5.41, 5.74) is 0.292. The second kappa shape index (κ2) is 3.87. The van der Waals surface area contributed by atoms with Crippen molar-refractivity contribution in [2.45, 2.75) is 26.3 Å². The molecule has 2 aromatic rings. The molecule has 2 aromatic heterocycles. The zero-order valence-corrected chi connectivity index (χ0v) is 10.5. The van der Waals surface area contributed by atoms with Crippen LogP contribution in [0.5, 0.6) is 0 Å². The SMILES string of the molecule is CC[C@@H](C)n1cnc2c1c(=O)n(C)c(=O)n2C. The Morgan fingerprint density at radius 3 is 2.53 bits per heavy atom. The van der Waals surface area contributed by atoms with E-state index in [0.29, 0.717) is 11.2 Å². The lowest BCUT2D eigenvalue weighted by molar-refractivity contribution is 0.541. The lowest BCUT2D eigenvalue weighted by atomic mass is 10.2. The maximum Gasteiger partial charge on any atom is 0.332 e. The lowest BCUT2D eigenvalue weighted by Crippen LogP contribution is -2.37. The first-order chi connectivity index (χ1) is 7.99. The van der Waals surface area contributed by atoms with E-state index < -0.39 is 0 Å². The Labute approximate surface area is 98.1 Å². The fraction of sp³-hybridized carbons (Fsp3) is 0.545. The molecule has 0 radical (unpaired) electrons. The second-order valence-electron chi connectivity index (χ2n) is 4.29. The Kier molecular flexibility index (Phi) is 2.65. The third kappa shape index (κ3) is 1.51. The molecule has 0 aromatic carbocycles. The normalized spacial score (nSPS) is 13.2. The Balaban J connectivity index is 2.96. The minimum Gasteiger partial charge on any atom is -0.322 e. The molecule has 2 rings (SSSR count). The van der Waals surface area contributed by atoms with Crippen LogP contribution in [0.25, 0.3) is 11.2 Å². The van der Waals surface area contributed by atoms with Crippen LogP contribution in [0.2, 0.25) is 0 Å². The smallest absolute Gasteiger partial charge is 0.322 e. The summed E-state index contributed by atoms with van der Waals surface area (Å²) in [5.74, 6) is 0. The van der Waals surface area contributed by atoms with Crippen molar-refractivity contribution in [1.82, 2.24) is 18.7 Å².